The largest absolute Gasteiger partial charge is 0.489 e. The molecule has 18 heteroatoms. The molecule has 2 aromatic carbocycles. The van der Waals surface area contributed by atoms with Crippen LogP contribution in [0.2, 0.25) is 15.1 Å². The number of ether oxygens (including phenoxy) is 4. The van der Waals surface area contributed by atoms with Crippen LogP contribution in [0.25, 0.3) is 22.3 Å². The van der Waals surface area contributed by atoms with Crippen LogP contribution >= 0.6 is 124 Å². The molecule has 11 rings (SSSR count). The molecule has 0 saturated carbocycles. The van der Waals surface area contributed by atoms with Crippen LogP contribution < -0.4 is 0 Å². The molecule has 5 atom stereocenters. The maximum atomic E-state index is 12.5. The zero-order valence-electron chi connectivity index (χ0n) is 40.7. The van der Waals surface area contributed by atoms with Crippen LogP contribution in [-0.2, 0) is 38.1 Å². The molecular formula is C56H47Br2Cl3O8S5. The second-order valence-corrected chi connectivity index (χ2v) is 27.8. The summed E-state index contributed by atoms with van der Waals surface area (Å²) in [6.07, 6.45) is 0.194. The van der Waals surface area contributed by atoms with E-state index in [9.17, 15) is 19.2 Å². The third-order valence-corrected chi connectivity index (χ3v) is 20.9. The van der Waals surface area contributed by atoms with E-state index in [1.807, 2.05) is 79.9 Å². The van der Waals surface area contributed by atoms with Crippen molar-refractivity contribution in [3.8, 4) is 0 Å². The molecule has 384 valence electrons. The molecule has 5 unspecified atom stereocenters. The predicted octanol–water partition coefficient (Wildman–Crippen LogP) is 17.7. The molecule has 2 saturated heterocycles. The number of hydrogen-bond acceptors (Lipinski definition) is 13. The minimum Gasteiger partial charge on any atom is -0.489 e. The predicted molar refractivity (Wildman–Crippen MR) is 313 cm³/mol. The molecule has 9 heterocycles. The van der Waals surface area contributed by atoms with Gasteiger partial charge >= 0.3 is 23.9 Å². The maximum Gasteiger partial charge on any atom is 0.322 e. The molecule has 5 aliphatic rings. The lowest BCUT2D eigenvalue weighted by atomic mass is 9.77. The van der Waals surface area contributed by atoms with Crippen LogP contribution in [0, 0.1) is 32.6 Å². The van der Waals surface area contributed by atoms with Gasteiger partial charge in [0.25, 0.3) is 0 Å². The van der Waals surface area contributed by atoms with Crippen molar-refractivity contribution in [2.24, 2.45) is 11.8 Å². The Hall–Kier alpha value is -4.00. The highest BCUT2D eigenvalue weighted by atomic mass is 79.9. The summed E-state index contributed by atoms with van der Waals surface area (Å²) in [7, 11) is 0. The number of carbonyl (C=O) groups is 4. The van der Waals surface area contributed by atoms with Gasteiger partial charge in [0, 0.05) is 57.0 Å². The summed E-state index contributed by atoms with van der Waals surface area (Å²) in [6.45, 7) is 21.6. The molecule has 5 aliphatic heterocycles. The van der Waals surface area contributed by atoms with Crippen molar-refractivity contribution in [1.82, 2.24) is 0 Å². The molecule has 6 aromatic rings. The van der Waals surface area contributed by atoms with E-state index in [-0.39, 0.29) is 30.2 Å². The second-order valence-electron chi connectivity index (χ2n) is 17.6. The summed E-state index contributed by atoms with van der Waals surface area (Å²) >= 11 is 33.3. The Morgan fingerprint density at radius 1 is 0.649 bits per heavy atom. The fraction of sp³-hybridized carbons (Fsp3) is 0.250. The van der Waals surface area contributed by atoms with Crippen LogP contribution in [-0.4, -0.2) is 42.3 Å². The van der Waals surface area contributed by atoms with E-state index in [2.05, 4.69) is 89.6 Å². The lowest BCUT2D eigenvalue weighted by Gasteiger charge is -2.21. The first kappa shape index (κ1) is 56.2. The summed E-state index contributed by atoms with van der Waals surface area (Å²) in [5, 5.41) is 4.12. The number of thiophene rings is 4. The number of halogens is 5. The summed E-state index contributed by atoms with van der Waals surface area (Å²) in [6, 6.07) is 25.3. The molecule has 0 amide bonds. The minimum atomic E-state index is -0.481. The van der Waals surface area contributed by atoms with E-state index < -0.39 is 23.8 Å². The number of carbonyl (C=O) groups excluding carboxylic acids is 4. The molecule has 0 bridgehead atoms. The first-order valence-electron chi connectivity index (χ1n) is 23.0. The van der Waals surface area contributed by atoms with Gasteiger partial charge in [-0.05, 0) is 158 Å². The molecule has 0 radical (unpaired) electrons. The molecule has 8 nitrogen and oxygen atoms in total. The Bertz CT molecular complexity index is 3310. The van der Waals surface area contributed by atoms with Crippen molar-refractivity contribution in [2.45, 2.75) is 65.0 Å². The van der Waals surface area contributed by atoms with Gasteiger partial charge in [0.05, 0.1) is 30.0 Å². The summed E-state index contributed by atoms with van der Waals surface area (Å²) in [5.74, 6) is -1.21. The molecule has 4 aromatic heterocycles. The topological polar surface area (TPSA) is 105 Å². The number of aryl methyl sites for hydroxylation is 2. The highest BCUT2D eigenvalue weighted by molar-refractivity contribution is 9.11. The first-order chi connectivity index (χ1) is 35.2. The van der Waals surface area contributed by atoms with Gasteiger partial charge in [-0.2, -0.15) is 0 Å². The van der Waals surface area contributed by atoms with Crippen molar-refractivity contribution in [3.05, 3.63) is 189 Å². The van der Waals surface area contributed by atoms with Crippen molar-refractivity contribution in [2.75, 3.05) is 13.2 Å². The third-order valence-electron chi connectivity index (χ3n) is 13.1. The number of allylic oxidation sites excluding steroid dienone is 3. The average Bonchev–Trinajstić information content (AvgIpc) is 4.24. The van der Waals surface area contributed by atoms with Gasteiger partial charge in [-0.15, -0.1) is 57.1 Å². The summed E-state index contributed by atoms with van der Waals surface area (Å²) in [4.78, 5) is 53.5. The van der Waals surface area contributed by atoms with E-state index in [0.29, 0.717) is 34.3 Å². The Labute approximate surface area is 482 Å². The maximum absolute atomic E-state index is 12.5. The van der Waals surface area contributed by atoms with Crippen LogP contribution in [0.5, 0.6) is 0 Å². The fourth-order valence-electron chi connectivity index (χ4n) is 9.29. The van der Waals surface area contributed by atoms with E-state index in [0.717, 1.165) is 77.5 Å². The Kier molecular flexibility index (Phi) is 18.3. The number of thioether (sulfide) groups is 1. The molecule has 2 fully saturated rings. The highest BCUT2D eigenvalue weighted by Crippen LogP contribution is 2.52. The standard InChI is InChI=1S/C18H22O3S2.C15H9BrCl2OS.C15H10BrClOS.C8H6O3S/c1-7-9(3)22-11(5)13(7)15-16(18(20)21-17(15)19)14-8(2)10(4)23-12(14)6;1-8-15(9-2-3-11(17)12(18)6-9)10(7-19-8)13-4-5-14(16)20-13;1-9-15(10-2-4-11(17)5-3-10)12(8-18-9)13-6-7-14(16)19-13;9-7-4-5(8(10)11-7)6-2-1-3-12-6/h7,9,15-16H,1-6H3;2-6H,1,7H2;2-7H,1,8H2;1-3,5H,4H2. The molecule has 74 heavy (non-hydrogen) atoms. The fourth-order valence-corrected chi connectivity index (χ4v) is 15.8. The molecular weight excluding hydrogens is 1230 g/mol. The van der Waals surface area contributed by atoms with Gasteiger partial charge in [-0.3, -0.25) is 19.2 Å². The number of esters is 4. The van der Waals surface area contributed by atoms with Crippen LogP contribution in [0.15, 0.2) is 127 Å². The van der Waals surface area contributed by atoms with Gasteiger partial charge in [0.15, 0.2) is 0 Å². The quantitative estimate of drug-likeness (QED) is 0.114. The summed E-state index contributed by atoms with van der Waals surface area (Å²) < 4.78 is 22.9. The lowest BCUT2D eigenvalue weighted by Crippen LogP contribution is -2.24. The Morgan fingerprint density at radius 3 is 1.70 bits per heavy atom. The molecule has 0 N–H and O–H groups in total. The van der Waals surface area contributed by atoms with Crippen molar-refractivity contribution >= 4 is 170 Å². The smallest absolute Gasteiger partial charge is 0.322 e. The normalized spacial score (nSPS) is 21.3. The highest BCUT2D eigenvalue weighted by Gasteiger charge is 2.52. The van der Waals surface area contributed by atoms with Crippen molar-refractivity contribution in [3.63, 3.8) is 0 Å². The zero-order chi connectivity index (χ0) is 53.3. The van der Waals surface area contributed by atoms with Crippen molar-refractivity contribution < 1.29 is 38.1 Å². The van der Waals surface area contributed by atoms with Crippen molar-refractivity contribution in [1.29, 1.82) is 0 Å². The third kappa shape index (κ3) is 12.2. The molecule has 0 aliphatic carbocycles. The van der Waals surface area contributed by atoms with E-state index in [1.54, 1.807) is 51.8 Å². The van der Waals surface area contributed by atoms with E-state index in [4.69, 9.17) is 49.0 Å². The minimum absolute atomic E-state index is 0.194. The van der Waals surface area contributed by atoms with Gasteiger partial charge in [-0.25, -0.2) is 0 Å². The molecule has 0 spiro atoms. The van der Waals surface area contributed by atoms with Gasteiger partial charge in [0.2, 0.25) is 0 Å². The van der Waals surface area contributed by atoms with Crippen LogP contribution in [0.1, 0.15) is 85.7 Å². The van der Waals surface area contributed by atoms with E-state index >= 15 is 0 Å². The van der Waals surface area contributed by atoms with Crippen LogP contribution in [0.4, 0.5) is 0 Å². The summed E-state index contributed by atoms with van der Waals surface area (Å²) in [5.41, 5.74) is 9.68. The monoisotopic (exact) mass is 1270 g/mol. The Balaban J connectivity index is 0.000000134. The number of hydrogen-bond donors (Lipinski definition) is 0. The number of benzene rings is 2. The average molecular weight is 1270 g/mol. The number of cyclic esters (lactones) is 4. The lowest BCUT2D eigenvalue weighted by molar-refractivity contribution is -0.154. The number of rotatable bonds is 7. The van der Waals surface area contributed by atoms with Gasteiger partial charge in [0.1, 0.15) is 36.6 Å². The SMILES string of the molecule is C=C1OCC(c2ccc(Br)s2)=C1c1ccc(Cl)c(Cl)c1.C=C1OCC(c2ccc(Br)s2)=C1c1ccc(Cl)cc1.CC1=C(C2C(=O)OC(=O)C2c2c(C)sc(C)c2C)C(C)C(C)S1.O=C1CC(c2cccs2)C(=O)O1. The van der Waals surface area contributed by atoms with Gasteiger partial charge < -0.3 is 18.9 Å². The second kappa shape index (κ2) is 24.1. The van der Waals surface area contributed by atoms with Gasteiger partial charge in [-0.1, -0.05) is 86.1 Å². The zero-order valence-corrected chi connectivity index (χ0v) is 50.2. The Morgan fingerprint density at radius 2 is 1.23 bits per heavy atom. The van der Waals surface area contributed by atoms with Crippen LogP contribution in [0.3, 0.4) is 0 Å². The first-order valence-corrected chi connectivity index (χ1v) is 30.0. The van der Waals surface area contributed by atoms with E-state index in [1.165, 1.54) is 31.6 Å².